The van der Waals surface area contributed by atoms with E-state index in [0.717, 1.165) is 50.7 Å². The highest BCUT2D eigenvalue weighted by molar-refractivity contribution is 7.80. The van der Waals surface area contributed by atoms with Crippen LogP contribution in [0, 0.1) is 13.8 Å². The molecule has 0 amide bonds. The van der Waals surface area contributed by atoms with Gasteiger partial charge in [-0.1, -0.05) is 18.2 Å². The fourth-order valence-electron chi connectivity index (χ4n) is 4.37. The van der Waals surface area contributed by atoms with Crippen LogP contribution in [0.3, 0.4) is 0 Å². The predicted molar refractivity (Wildman–Crippen MR) is 172 cm³/mol. The molecule has 0 radical (unpaired) electrons. The quantitative estimate of drug-likeness (QED) is 0.0845. The summed E-state index contributed by atoms with van der Waals surface area (Å²) < 4.78 is 5.40. The molecule has 0 saturated carbocycles. The maximum absolute atomic E-state index is 5.62. The molecule has 41 heavy (non-hydrogen) atoms. The van der Waals surface area contributed by atoms with Crippen LogP contribution in [0.4, 0.5) is 23.0 Å². The van der Waals surface area contributed by atoms with E-state index in [1.165, 1.54) is 0 Å². The molecule has 2 aromatic heterocycles. The fraction of sp³-hybridized carbons (Fsp3) is 0.161. The molecule has 0 spiro atoms. The number of thiocarbonyl (C=S) groups is 1. The average Bonchev–Trinajstić information content (AvgIpc) is 3.36. The zero-order valence-corrected chi connectivity index (χ0v) is 24.0. The number of aromatic amines is 1. The van der Waals surface area contributed by atoms with Gasteiger partial charge in [0.15, 0.2) is 5.11 Å². The van der Waals surface area contributed by atoms with Crippen LogP contribution < -0.4 is 26.0 Å². The predicted octanol–water partition coefficient (Wildman–Crippen LogP) is 6.32. The number of aliphatic imine (C=N–C) groups is 1. The van der Waals surface area contributed by atoms with Gasteiger partial charge in [0.1, 0.15) is 5.75 Å². The minimum atomic E-state index is 0.390. The smallest absolute Gasteiger partial charge is 0.229 e. The fourth-order valence-corrected chi connectivity index (χ4v) is 4.59. The van der Waals surface area contributed by atoms with Gasteiger partial charge in [-0.3, -0.25) is 10.3 Å². The maximum Gasteiger partial charge on any atom is 0.229 e. The van der Waals surface area contributed by atoms with Gasteiger partial charge in [0.05, 0.1) is 7.11 Å². The first-order chi connectivity index (χ1) is 19.9. The molecule has 3 aromatic carbocycles. The number of hydrogen-bond acceptors (Lipinski definition) is 6. The molecule has 5 rings (SSSR count). The average molecular weight is 565 g/mol. The number of nitrogens with zero attached hydrogens (tertiary/aromatic N) is 3. The number of fused-ring (bicyclic) bond motifs is 1. The molecule has 10 heteroatoms. The number of anilines is 4. The minimum absolute atomic E-state index is 0.390. The van der Waals surface area contributed by atoms with Crippen molar-refractivity contribution in [2.45, 2.75) is 20.3 Å². The van der Waals surface area contributed by atoms with Crippen LogP contribution in [0.2, 0.25) is 0 Å². The minimum Gasteiger partial charge on any atom is -0.497 e. The second kappa shape index (κ2) is 12.9. The second-order valence-electron chi connectivity index (χ2n) is 9.45. The normalized spacial score (nSPS) is 11.2. The Hall–Kier alpha value is -4.96. The van der Waals surface area contributed by atoms with Crippen molar-refractivity contribution >= 4 is 57.2 Å². The third-order valence-corrected chi connectivity index (χ3v) is 6.48. The maximum atomic E-state index is 5.62. The van der Waals surface area contributed by atoms with Crippen LogP contribution in [0.15, 0.2) is 90.1 Å². The number of ether oxygens (including phenoxy) is 1. The van der Waals surface area contributed by atoms with Crippen molar-refractivity contribution < 1.29 is 4.74 Å². The van der Waals surface area contributed by atoms with E-state index in [1.54, 1.807) is 7.11 Å². The summed E-state index contributed by atoms with van der Waals surface area (Å²) in [5.74, 6) is 1.72. The van der Waals surface area contributed by atoms with Crippen LogP contribution >= 0.6 is 12.2 Å². The number of para-hydroxylation sites is 1. The Balaban J connectivity index is 1.27. The van der Waals surface area contributed by atoms with Crippen LogP contribution in [0.1, 0.15) is 17.0 Å². The molecule has 9 nitrogen and oxygen atoms in total. The van der Waals surface area contributed by atoms with Gasteiger partial charge >= 0.3 is 0 Å². The van der Waals surface area contributed by atoms with E-state index in [0.29, 0.717) is 30.0 Å². The molecular formula is C31H32N8OS. The summed E-state index contributed by atoms with van der Waals surface area (Å²) in [6.07, 6.45) is 2.72. The second-order valence-corrected chi connectivity index (χ2v) is 9.86. The Bertz CT molecular complexity index is 1650. The Morgan fingerprint density at radius 3 is 2.32 bits per heavy atom. The van der Waals surface area contributed by atoms with Crippen molar-refractivity contribution in [3.05, 3.63) is 102 Å². The number of guanidine groups is 1. The van der Waals surface area contributed by atoms with E-state index in [9.17, 15) is 0 Å². The summed E-state index contributed by atoms with van der Waals surface area (Å²) in [5.41, 5.74) is 6.77. The monoisotopic (exact) mass is 564 g/mol. The third-order valence-electron chi connectivity index (χ3n) is 6.28. The lowest BCUT2D eigenvalue weighted by molar-refractivity contribution is 0.415. The number of H-pyrrole nitrogens is 1. The molecule has 208 valence electrons. The highest BCUT2D eigenvalue weighted by Crippen LogP contribution is 2.24. The first-order valence-electron chi connectivity index (χ1n) is 13.2. The van der Waals surface area contributed by atoms with Crippen molar-refractivity contribution in [1.82, 2.24) is 20.3 Å². The van der Waals surface area contributed by atoms with Crippen molar-refractivity contribution in [2.75, 3.05) is 29.6 Å². The molecule has 0 fully saturated rings. The molecule has 0 unspecified atom stereocenters. The van der Waals surface area contributed by atoms with E-state index < -0.39 is 0 Å². The van der Waals surface area contributed by atoms with E-state index in [-0.39, 0.29) is 0 Å². The van der Waals surface area contributed by atoms with Crippen molar-refractivity contribution in [2.24, 2.45) is 4.99 Å². The summed E-state index contributed by atoms with van der Waals surface area (Å²) in [5, 5.41) is 14.5. The zero-order valence-electron chi connectivity index (χ0n) is 23.2. The summed E-state index contributed by atoms with van der Waals surface area (Å²) in [6.45, 7) is 4.36. The summed E-state index contributed by atoms with van der Waals surface area (Å²) in [4.78, 5) is 17.1. The zero-order chi connectivity index (χ0) is 28.6. The van der Waals surface area contributed by atoms with Gasteiger partial charge in [0.2, 0.25) is 11.9 Å². The van der Waals surface area contributed by atoms with Crippen molar-refractivity contribution in [1.29, 1.82) is 0 Å². The highest BCUT2D eigenvalue weighted by atomic mass is 32.1. The summed E-state index contributed by atoms with van der Waals surface area (Å²) in [6, 6.07) is 25.8. The van der Waals surface area contributed by atoms with Gasteiger partial charge in [-0.25, -0.2) is 9.97 Å². The van der Waals surface area contributed by atoms with Gasteiger partial charge in [0, 0.05) is 52.1 Å². The highest BCUT2D eigenvalue weighted by Gasteiger charge is 2.09. The lowest BCUT2D eigenvalue weighted by atomic mass is 10.1. The lowest BCUT2D eigenvalue weighted by Gasteiger charge is -2.15. The van der Waals surface area contributed by atoms with E-state index >= 15 is 0 Å². The summed E-state index contributed by atoms with van der Waals surface area (Å²) >= 11 is 5.62. The van der Waals surface area contributed by atoms with Gasteiger partial charge < -0.3 is 25.7 Å². The molecule has 0 aliphatic rings. The number of benzene rings is 3. The van der Waals surface area contributed by atoms with Crippen molar-refractivity contribution in [3.63, 3.8) is 0 Å². The number of aryl methyl sites for hydroxylation is 2. The van der Waals surface area contributed by atoms with E-state index in [2.05, 4.69) is 36.2 Å². The lowest BCUT2D eigenvalue weighted by Crippen LogP contribution is -2.39. The largest absolute Gasteiger partial charge is 0.497 e. The van der Waals surface area contributed by atoms with Gasteiger partial charge in [-0.2, -0.15) is 0 Å². The Morgan fingerprint density at radius 2 is 1.59 bits per heavy atom. The Kier molecular flexibility index (Phi) is 8.70. The van der Waals surface area contributed by atoms with Crippen LogP contribution in [0.5, 0.6) is 5.75 Å². The van der Waals surface area contributed by atoms with Gasteiger partial charge in [-0.15, -0.1) is 0 Å². The molecule has 5 N–H and O–H groups in total. The number of aromatic nitrogens is 3. The molecule has 0 aliphatic carbocycles. The topological polar surface area (TPSA) is 111 Å². The standard InChI is InChI=1S/C31H32N8OS/c1-20-17-21(2)35-30(34-20)38-29(32-16-15-22-19-33-28-14-13-26(40-3)18-27(22)28)39-31(41)37-25-11-9-24(10-12-25)36-23-7-5-4-6-8-23/h4-14,17-19,33,36H,15-16H2,1-3H3,(H3,32,34,35,37,38,39,41). The molecule has 5 aromatic rings. The van der Waals surface area contributed by atoms with Crippen LogP contribution in [-0.2, 0) is 6.42 Å². The van der Waals surface area contributed by atoms with Crippen LogP contribution in [0.25, 0.3) is 10.9 Å². The van der Waals surface area contributed by atoms with Gasteiger partial charge in [-0.05, 0) is 98.7 Å². The Morgan fingerprint density at radius 1 is 0.878 bits per heavy atom. The molecule has 2 heterocycles. The van der Waals surface area contributed by atoms with E-state index in [4.69, 9.17) is 21.9 Å². The first kappa shape index (κ1) is 27.6. The number of hydrogen-bond donors (Lipinski definition) is 5. The number of nitrogens with one attached hydrogen (secondary N) is 5. The van der Waals surface area contributed by atoms with Crippen molar-refractivity contribution in [3.8, 4) is 5.75 Å². The van der Waals surface area contributed by atoms with E-state index in [1.807, 2.05) is 98.9 Å². The molecule has 0 bridgehead atoms. The Labute approximate surface area is 244 Å². The number of methoxy groups -OCH3 is 1. The molecule has 0 aliphatic heterocycles. The molecule has 0 saturated heterocycles. The van der Waals surface area contributed by atoms with Crippen LogP contribution in [-0.4, -0.2) is 39.7 Å². The number of rotatable bonds is 8. The third kappa shape index (κ3) is 7.58. The molecular weight excluding hydrogens is 532 g/mol. The van der Waals surface area contributed by atoms with Gasteiger partial charge in [0.25, 0.3) is 0 Å². The first-order valence-corrected chi connectivity index (χ1v) is 13.6. The SMILES string of the molecule is COc1ccc2[nH]cc(CCN=C(NC(=S)Nc3ccc(Nc4ccccc4)cc3)Nc3nc(C)cc(C)n3)c2c1. The molecule has 0 atom stereocenters. The summed E-state index contributed by atoms with van der Waals surface area (Å²) in [7, 11) is 1.67.